The molecule has 0 spiro atoms. The standard InChI is InChI=1S/C23H33N7O3/c1-14(2)29-9-8-16-11-20(33-4)18(10-17(16)12-29)23(32)27-21-7-5-6-19(26-21)22(24)30(28-25)15(3)13-31/h5-7,10-11,14-15,24,28,31H,8-9,12-13,25H2,1-4H3,(H,26,27,32). The Balaban J connectivity index is 1.84. The van der Waals surface area contributed by atoms with Gasteiger partial charge in [0.25, 0.3) is 5.91 Å². The quantitative estimate of drug-likeness (QED) is 0.175. The average molecular weight is 456 g/mol. The summed E-state index contributed by atoms with van der Waals surface area (Å²) in [6.07, 6.45) is 0.912. The van der Waals surface area contributed by atoms with E-state index < -0.39 is 6.04 Å². The first kappa shape index (κ1) is 24.6. The minimum atomic E-state index is -0.437. The molecule has 0 fully saturated rings. The summed E-state index contributed by atoms with van der Waals surface area (Å²) in [5.41, 5.74) is 5.43. The zero-order valence-electron chi connectivity index (χ0n) is 19.6. The normalized spacial score (nSPS) is 14.5. The molecule has 6 N–H and O–H groups in total. The molecule has 0 saturated heterocycles. The van der Waals surface area contributed by atoms with E-state index in [0.717, 1.165) is 25.1 Å². The number of hydrazine groups is 2. The molecule has 10 nitrogen and oxygen atoms in total. The summed E-state index contributed by atoms with van der Waals surface area (Å²) < 4.78 is 5.51. The van der Waals surface area contributed by atoms with Crippen LogP contribution in [-0.2, 0) is 13.0 Å². The van der Waals surface area contributed by atoms with E-state index in [0.29, 0.717) is 23.2 Å². The molecule has 2 heterocycles. The first-order valence-corrected chi connectivity index (χ1v) is 11.0. The molecule has 1 aliphatic rings. The van der Waals surface area contributed by atoms with Crippen LogP contribution in [0.2, 0.25) is 0 Å². The van der Waals surface area contributed by atoms with Gasteiger partial charge in [0, 0.05) is 19.1 Å². The number of rotatable bonds is 8. The van der Waals surface area contributed by atoms with Crippen molar-refractivity contribution >= 4 is 17.6 Å². The van der Waals surface area contributed by atoms with Gasteiger partial charge in [0.05, 0.1) is 25.3 Å². The minimum absolute atomic E-state index is 0.0321. The molecule has 1 amide bonds. The Morgan fingerprint density at radius 3 is 2.73 bits per heavy atom. The number of fused-ring (bicyclic) bond motifs is 1. The van der Waals surface area contributed by atoms with Gasteiger partial charge in [-0.2, -0.15) is 5.53 Å². The number of nitrogens with one attached hydrogen (secondary N) is 3. The van der Waals surface area contributed by atoms with Crippen LogP contribution < -0.4 is 21.4 Å². The van der Waals surface area contributed by atoms with Gasteiger partial charge in [-0.3, -0.25) is 26.0 Å². The number of anilines is 1. The number of carbonyl (C=O) groups is 1. The monoisotopic (exact) mass is 455 g/mol. The molecule has 33 heavy (non-hydrogen) atoms. The van der Waals surface area contributed by atoms with Crippen LogP contribution in [0.4, 0.5) is 5.82 Å². The second-order valence-electron chi connectivity index (χ2n) is 8.38. The smallest absolute Gasteiger partial charge is 0.260 e. The van der Waals surface area contributed by atoms with Gasteiger partial charge in [0.2, 0.25) is 0 Å². The third-order valence-corrected chi connectivity index (χ3v) is 5.86. The van der Waals surface area contributed by atoms with Crippen molar-refractivity contribution in [1.29, 1.82) is 5.41 Å². The predicted molar refractivity (Wildman–Crippen MR) is 127 cm³/mol. The first-order valence-electron chi connectivity index (χ1n) is 11.0. The van der Waals surface area contributed by atoms with Crippen LogP contribution in [0.5, 0.6) is 5.75 Å². The van der Waals surface area contributed by atoms with Gasteiger partial charge < -0.3 is 15.2 Å². The van der Waals surface area contributed by atoms with Crippen LogP contribution in [0.1, 0.15) is 48.0 Å². The minimum Gasteiger partial charge on any atom is -0.496 e. The summed E-state index contributed by atoms with van der Waals surface area (Å²) in [6, 6.07) is 8.80. The molecule has 0 bridgehead atoms. The topological polar surface area (TPSA) is 140 Å². The highest BCUT2D eigenvalue weighted by molar-refractivity contribution is 6.06. The lowest BCUT2D eigenvalue weighted by Gasteiger charge is -2.32. The van der Waals surface area contributed by atoms with E-state index in [4.69, 9.17) is 16.0 Å². The van der Waals surface area contributed by atoms with Gasteiger partial charge in [-0.15, -0.1) is 0 Å². The third-order valence-electron chi connectivity index (χ3n) is 5.86. The Morgan fingerprint density at radius 2 is 2.09 bits per heavy atom. The van der Waals surface area contributed by atoms with Crippen molar-refractivity contribution in [3.63, 3.8) is 0 Å². The molecule has 0 saturated carbocycles. The van der Waals surface area contributed by atoms with Crippen LogP contribution in [0.3, 0.4) is 0 Å². The Bertz CT molecular complexity index is 1010. The summed E-state index contributed by atoms with van der Waals surface area (Å²) in [5.74, 6) is 5.94. The summed E-state index contributed by atoms with van der Waals surface area (Å²) >= 11 is 0. The number of hydrogen-bond acceptors (Lipinski definition) is 8. The SMILES string of the molecule is COc1cc2c(cc1C(=O)Nc1cccc(C(=N)N(NN)C(C)CO)n1)CN(C(C)C)CC2. The fourth-order valence-corrected chi connectivity index (χ4v) is 3.83. The maximum Gasteiger partial charge on any atom is 0.260 e. The summed E-state index contributed by atoms with van der Waals surface area (Å²) in [7, 11) is 1.55. The van der Waals surface area contributed by atoms with Gasteiger partial charge in [0.1, 0.15) is 17.3 Å². The van der Waals surface area contributed by atoms with E-state index in [1.165, 1.54) is 10.6 Å². The highest BCUT2D eigenvalue weighted by Crippen LogP contribution is 2.29. The number of hydrogen-bond donors (Lipinski definition) is 5. The van der Waals surface area contributed by atoms with Gasteiger partial charge in [-0.25, -0.2) is 4.98 Å². The molecular weight excluding hydrogens is 422 g/mol. The van der Waals surface area contributed by atoms with E-state index in [1.807, 2.05) is 12.1 Å². The van der Waals surface area contributed by atoms with Crippen LogP contribution >= 0.6 is 0 Å². The molecule has 2 aromatic rings. The Morgan fingerprint density at radius 1 is 1.33 bits per heavy atom. The van der Waals surface area contributed by atoms with Crippen molar-refractivity contribution in [1.82, 2.24) is 20.4 Å². The number of benzene rings is 1. The Kier molecular flexibility index (Phi) is 7.98. The molecule has 1 aliphatic heterocycles. The lowest BCUT2D eigenvalue weighted by Crippen LogP contribution is -2.53. The number of nitrogens with two attached hydrogens (primary N) is 1. The fraction of sp³-hybridized carbons (Fsp3) is 0.435. The lowest BCUT2D eigenvalue weighted by molar-refractivity contribution is 0.102. The van der Waals surface area contributed by atoms with Crippen LogP contribution in [-0.4, -0.2) is 64.1 Å². The van der Waals surface area contributed by atoms with E-state index in [1.54, 1.807) is 32.2 Å². The number of aliphatic hydroxyl groups is 1. The fourth-order valence-electron chi connectivity index (χ4n) is 3.83. The molecule has 0 aliphatic carbocycles. The second-order valence-corrected chi connectivity index (χ2v) is 8.38. The molecule has 1 unspecified atom stereocenters. The van der Waals surface area contributed by atoms with Crippen molar-refractivity contribution < 1.29 is 14.6 Å². The third kappa shape index (κ3) is 5.48. The summed E-state index contributed by atoms with van der Waals surface area (Å²) in [6.45, 7) is 7.61. The average Bonchev–Trinajstić information content (AvgIpc) is 2.82. The molecule has 10 heteroatoms. The number of carbonyl (C=O) groups excluding carboxylic acids is 1. The molecule has 0 radical (unpaired) electrons. The Hall–Kier alpha value is -3.05. The predicted octanol–water partition coefficient (Wildman–Crippen LogP) is 1.50. The number of nitrogens with zero attached hydrogens (tertiary/aromatic N) is 3. The van der Waals surface area contributed by atoms with E-state index >= 15 is 0 Å². The largest absolute Gasteiger partial charge is 0.496 e. The van der Waals surface area contributed by atoms with Crippen molar-refractivity contribution in [2.45, 2.75) is 45.8 Å². The second kappa shape index (κ2) is 10.7. The number of amidine groups is 1. The highest BCUT2D eigenvalue weighted by Gasteiger charge is 2.23. The summed E-state index contributed by atoms with van der Waals surface area (Å²) in [4.78, 5) is 19.9. The molecule has 1 aromatic carbocycles. The van der Waals surface area contributed by atoms with Gasteiger partial charge in [0.15, 0.2) is 5.84 Å². The van der Waals surface area contributed by atoms with E-state index in [9.17, 15) is 9.90 Å². The molecule has 3 rings (SSSR count). The zero-order valence-corrected chi connectivity index (χ0v) is 19.6. The maximum absolute atomic E-state index is 13.1. The lowest BCUT2D eigenvalue weighted by atomic mass is 9.95. The summed E-state index contributed by atoms with van der Waals surface area (Å²) in [5, 5.41) is 21.8. The maximum atomic E-state index is 13.1. The number of methoxy groups -OCH3 is 1. The molecular formula is C23H33N7O3. The van der Waals surface area contributed by atoms with E-state index in [2.05, 4.69) is 34.6 Å². The highest BCUT2D eigenvalue weighted by atomic mass is 16.5. The number of amides is 1. The number of aliphatic hydroxyl groups excluding tert-OH is 1. The van der Waals surface area contributed by atoms with Gasteiger partial charge in [-0.05, 0) is 62.6 Å². The molecule has 1 atom stereocenters. The van der Waals surface area contributed by atoms with Crippen LogP contribution in [0.15, 0.2) is 30.3 Å². The van der Waals surface area contributed by atoms with Crippen molar-refractivity contribution in [2.75, 3.05) is 25.6 Å². The van der Waals surface area contributed by atoms with E-state index in [-0.39, 0.29) is 24.0 Å². The van der Waals surface area contributed by atoms with Gasteiger partial charge in [-0.1, -0.05) is 6.07 Å². The van der Waals surface area contributed by atoms with Crippen LogP contribution in [0.25, 0.3) is 0 Å². The zero-order chi connectivity index (χ0) is 24.1. The number of ether oxygens (including phenoxy) is 1. The van der Waals surface area contributed by atoms with Crippen molar-refractivity contribution in [3.05, 3.63) is 52.7 Å². The van der Waals surface area contributed by atoms with Crippen molar-refractivity contribution in [3.8, 4) is 5.75 Å². The molecule has 1 aromatic heterocycles. The van der Waals surface area contributed by atoms with Crippen molar-refractivity contribution in [2.24, 2.45) is 5.84 Å². The molecule has 178 valence electrons. The van der Waals surface area contributed by atoms with Gasteiger partial charge >= 0.3 is 0 Å². The van der Waals surface area contributed by atoms with Crippen LogP contribution in [0, 0.1) is 5.41 Å². The first-order chi connectivity index (χ1) is 15.8. The number of aromatic nitrogens is 1. The number of pyridine rings is 1. The Labute approximate surface area is 194 Å².